The van der Waals surface area contributed by atoms with E-state index in [2.05, 4.69) is 39.4 Å². The number of hydrogen-bond acceptors (Lipinski definition) is 8. The van der Waals surface area contributed by atoms with Crippen molar-refractivity contribution in [3.05, 3.63) is 54.6 Å². The molecule has 1 aliphatic rings. The number of likely N-dealkylation sites (tertiary alicyclic amines) is 1. The molecule has 1 aliphatic heterocycles. The Labute approximate surface area is 216 Å². The van der Waals surface area contributed by atoms with Crippen molar-refractivity contribution in [1.82, 2.24) is 34.8 Å². The molecule has 10 nitrogen and oxygen atoms in total. The fourth-order valence-corrected chi connectivity index (χ4v) is 4.26. The van der Waals surface area contributed by atoms with Crippen molar-refractivity contribution in [2.24, 2.45) is 0 Å². The van der Waals surface area contributed by atoms with Gasteiger partial charge in [0.2, 0.25) is 0 Å². The first-order chi connectivity index (χ1) is 17.6. The van der Waals surface area contributed by atoms with Crippen LogP contribution in [0.1, 0.15) is 58.6 Å². The van der Waals surface area contributed by atoms with Gasteiger partial charge < -0.3 is 15.0 Å². The SMILES string of the molecule is CC(C)c1cnnc(Nc2ccc3ncc(-c4cnn([C@@H]5CCN(C(=O)OC(C)(C)C)C5)c4)cc3n2)c1. The van der Waals surface area contributed by atoms with Crippen LogP contribution >= 0.6 is 0 Å². The number of nitrogens with zero attached hydrogens (tertiary/aromatic N) is 7. The maximum absolute atomic E-state index is 12.4. The van der Waals surface area contributed by atoms with Crippen LogP contribution in [0.3, 0.4) is 0 Å². The molecule has 37 heavy (non-hydrogen) atoms. The van der Waals surface area contributed by atoms with Crippen LogP contribution in [0.4, 0.5) is 16.4 Å². The van der Waals surface area contributed by atoms with Gasteiger partial charge in [0, 0.05) is 36.6 Å². The number of ether oxygens (including phenoxy) is 1. The summed E-state index contributed by atoms with van der Waals surface area (Å²) in [7, 11) is 0. The second-order valence-electron chi connectivity index (χ2n) is 10.7. The lowest BCUT2D eigenvalue weighted by molar-refractivity contribution is 0.0288. The number of carbonyl (C=O) groups excluding carboxylic acids is 1. The van der Waals surface area contributed by atoms with E-state index in [4.69, 9.17) is 9.72 Å². The highest BCUT2D eigenvalue weighted by molar-refractivity contribution is 5.81. The number of amides is 1. The number of nitrogens with one attached hydrogen (secondary N) is 1. The smallest absolute Gasteiger partial charge is 0.410 e. The summed E-state index contributed by atoms with van der Waals surface area (Å²) in [4.78, 5) is 23.5. The van der Waals surface area contributed by atoms with E-state index < -0.39 is 5.60 Å². The molecule has 1 atom stereocenters. The van der Waals surface area contributed by atoms with Crippen molar-refractivity contribution in [3.63, 3.8) is 0 Å². The van der Waals surface area contributed by atoms with Crippen molar-refractivity contribution in [2.45, 2.75) is 58.6 Å². The molecule has 0 radical (unpaired) electrons. The van der Waals surface area contributed by atoms with E-state index in [1.54, 1.807) is 11.1 Å². The van der Waals surface area contributed by atoms with E-state index in [1.807, 2.05) is 68.3 Å². The average Bonchev–Trinajstić information content (AvgIpc) is 3.53. The van der Waals surface area contributed by atoms with Gasteiger partial charge in [-0.25, -0.2) is 9.78 Å². The molecule has 0 saturated carbocycles. The summed E-state index contributed by atoms with van der Waals surface area (Å²) in [6.07, 6.45) is 7.99. The summed E-state index contributed by atoms with van der Waals surface area (Å²) >= 11 is 0. The van der Waals surface area contributed by atoms with Gasteiger partial charge in [0.15, 0.2) is 5.82 Å². The highest BCUT2D eigenvalue weighted by Gasteiger charge is 2.31. The van der Waals surface area contributed by atoms with E-state index >= 15 is 0 Å². The summed E-state index contributed by atoms with van der Waals surface area (Å²) in [5.74, 6) is 1.68. The predicted molar refractivity (Wildman–Crippen MR) is 142 cm³/mol. The van der Waals surface area contributed by atoms with Gasteiger partial charge in [0.05, 0.1) is 29.5 Å². The van der Waals surface area contributed by atoms with Crippen LogP contribution in [0.15, 0.2) is 49.1 Å². The zero-order chi connectivity index (χ0) is 26.2. The molecule has 0 unspecified atom stereocenters. The summed E-state index contributed by atoms with van der Waals surface area (Å²) in [5, 5.41) is 16.1. The van der Waals surface area contributed by atoms with Crippen LogP contribution in [-0.2, 0) is 4.74 Å². The topological polar surface area (TPSA) is 111 Å². The van der Waals surface area contributed by atoms with Gasteiger partial charge in [-0.2, -0.15) is 10.2 Å². The zero-order valence-electron chi connectivity index (χ0n) is 21.8. The van der Waals surface area contributed by atoms with Crippen LogP contribution in [0.5, 0.6) is 0 Å². The van der Waals surface area contributed by atoms with Gasteiger partial charge in [0.25, 0.3) is 0 Å². The van der Waals surface area contributed by atoms with Crippen molar-refractivity contribution < 1.29 is 9.53 Å². The van der Waals surface area contributed by atoms with Crippen molar-refractivity contribution in [3.8, 4) is 11.1 Å². The van der Waals surface area contributed by atoms with E-state index in [9.17, 15) is 4.79 Å². The Hall–Kier alpha value is -4.08. The van der Waals surface area contributed by atoms with Gasteiger partial charge in [-0.05, 0) is 62.9 Å². The summed E-state index contributed by atoms with van der Waals surface area (Å²) in [6.45, 7) is 11.1. The lowest BCUT2D eigenvalue weighted by atomic mass is 10.1. The molecule has 0 aromatic carbocycles. The molecule has 4 aromatic heterocycles. The fraction of sp³-hybridized carbons (Fsp3) is 0.407. The Morgan fingerprint density at radius 1 is 1.08 bits per heavy atom. The van der Waals surface area contributed by atoms with Crippen molar-refractivity contribution >= 4 is 28.8 Å². The third-order valence-corrected chi connectivity index (χ3v) is 6.26. The molecule has 1 fully saturated rings. The lowest BCUT2D eigenvalue weighted by Gasteiger charge is -2.24. The Morgan fingerprint density at radius 3 is 2.70 bits per heavy atom. The van der Waals surface area contributed by atoms with Crippen LogP contribution < -0.4 is 5.32 Å². The van der Waals surface area contributed by atoms with Crippen LogP contribution in [-0.4, -0.2) is 59.6 Å². The van der Waals surface area contributed by atoms with E-state index in [-0.39, 0.29) is 12.1 Å². The molecule has 1 N–H and O–H groups in total. The molecule has 1 saturated heterocycles. The molecule has 5 rings (SSSR count). The lowest BCUT2D eigenvalue weighted by Crippen LogP contribution is -2.35. The van der Waals surface area contributed by atoms with Crippen molar-refractivity contribution in [1.29, 1.82) is 0 Å². The first kappa shape index (κ1) is 24.6. The van der Waals surface area contributed by atoms with E-state index in [1.165, 1.54) is 0 Å². The molecule has 4 aromatic rings. The van der Waals surface area contributed by atoms with E-state index in [0.717, 1.165) is 34.1 Å². The molecular weight excluding hydrogens is 468 g/mol. The maximum atomic E-state index is 12.4. The number of fused-ring (bicyclic) bond motifs is 1. The number of carbonyl (C=O) groups is 1. The standard InChI is InChI=1S/C27H32N8O2/c1-17(2)18-11-25(33-29-13-18)32-24-7-6-22-23(31-24)10-19(12-28-22)20-14-30-35(15-20)21-8-9-34(16-21)26(36)37-27(3,4)5/h6-7,10-15,17,21H,8-9,16H2,1-5H3,(H,31,32,33)/t21-/m1/s1. The normalized spacial score (nSPS) is 15.9. The Balaban J connectivity index is 1.31. The first-order valence-corrected chi connectivity index (χ1v) is 12.5. The van der Waals surface area contributed by atoms with E-state index in [0.29, 0.717) is 30.6 Å². The third-order valence-electron chi connectivity index (χ3n) is 6.26. The molecule has 0 aliphatic carbocycles. The Bertz CT molecular complexity index is 1430. The number of aromatic nitrogens is 6. The molecule has 0 spiro atoms. The molecule has 5 heterocycles. The first-order valence-electron chi connectivity index (χ1n) is 12.5. The van der Waals surface area contributed by atoms with Gasteiger partial charge in [-0.15, -0.1) is 5.10 Å². The minimum atomic E-state index is -0.508. The highest BCUT2D eigenvalue weighted by Crippen LogP contribution is 2.27. The van der Waals surface area contributed by atoms with Crippen molar-refractivity contribution in [2.75, 3.05) is 18.4 Å². The summed E-state index contributed by atoms with van der Waals surface area (Å²) < 4.78 is 7.44. The summed E-state index contributed by atoms with van der Waals surface area (Å²) in [5.41, 5.74) is 4.03. The molecule has 0 bridgehead atoms. The summed E-state index contributed by atoms with van der Waals surface area (Å²) in [6, 6.07) is 7.91. The van der Waals surface area contributed by atoms with Gasteiger partial charge in [-0.1, -0.05) is 13.8 Å². The average molecular weight is 501 g/mol. The molecule has 192 valence electrons. The Kier molecular flexibility index (Phi) is 6.49. The second-order valence-corrected chi connectivity index (χ2v) is 10.7. The van der Waals surface area contributed by atoms with Crippen LogP contribution in [0, 0.1) is 0 Å². The number of rotatable bonds is 5. The molecule has 10 heteroatoms. The van der Waals surface area contributed by atoms with Gasteiger partial charge in [-0.3, -0.25) is 9.67 Å². The van der Waals surface area contributed by atoms with Crippen LogP contribution in [0.25, 0.3) is 22.2 Å². The van der Waals surface area contributed by atoms with Gasteiger partial charge in [0.1, 0.15) is 11.4 Å². The predicted octanol–water partition coefficient (Wildman–Crippen LogP) is 5.33. The zero-order valence-corrected chi connectivity index (χ0v) is 21.8. The minimum Gasteiger partial charge on any atom is -0.444 e. The maximum Gasteiger partial charge on any atom is 0.410 e. The monoisotopic (exact) mass is 500 g/mol. The second kappa shape index (κ2) is 9.76. The molecular formula is C27H32N8O2. The number of anilines is 2. The highest BCUT2D eigenvalue weighted by atomic mass is 16.6. The van der Waals surface area contributed by atoms with Gasteiger partial charge >= 0.3 is 6.09 Å². The largest absolute Gasteiger partial charge is 0.444 e. The fourth-order valence-electron chi connectivity index (χ4n) is 4.26. The quantitative estimate of drug-likeness (QED) is 0.391. The molecule has 1 amide bonds. The third kappa shape index (κ3) is 5.68. The van der Waals surface area contributed by atoms with Crippen LogP contribution in [0.2, 0.25) is 0 Å². The minimum absolute atomic E-state index is 0.103. The number of hydrogen-bond donors (Lipinski definition) is 1. The Morgan fingerprint density at radius 2 is 1.92 bits per heavy atom. The number of pyridine rings is 2.